The van der Waals surface area contributed by atoms with Gasteiger partial charge in [0.25, 0.3) is 0 Å². The monoisotopic (exact) mass is 396 g/mol. The molecule has 2 aromatic rings. The number of hydrogen-bond donors (Lipinski definition) is 2. The Hall–Kier alpha value is -3.06. The number of nitrogens with zero attached hydrogens (tertiary/aromatic N) is 2. The van der Waals surface area contributed by atoms with E-state index in [1.54, 1.807) is 12.0 Å². The summed E-state index contributed by atoms with van der Waals surface area (Å²) in [4.78, 5) is 28.1. The summed E-state index contributed by atoms with van der Waals surface area (Å²) < 4.78 is 5.12. The van der Waals surface area contributed by atoms with Gasteiger partial charge in [-0.2, -0.15) is 0 Å². The van der Waals surface area contributed by atoms with Crippen molar-refractivity contribution in [2.45, 2.75) is 25.6 Å². The highest BCUT2D eigenvalue weighted by Crippen LogP contribution is 2.18. The second-order valence-electron chi connectivity index (χ2n) is 7.33. The number of anilines is 1. The van der Waals surface area contributed by atoms with Crippen molar-refractivity contribution < 1.29 is 14.3 Å². The lowest BCUT2D eigenvalue weighted by molar-refractivity contribution is -0.130. The average molecular weight is 396 g/mol. The fourth-order valence-electron chi connectivity index (χ4n) is 3.41. The summed E-state index contributed by atoms with van der Waals surface area (Å²) in [5, 5.41) is 5.67. The van der Waals surface area contributed by atoms with Gasteiger partial charge in [-0.3, -0.25) is 9.69 Å². The van der Waals surface area contributed by atoms with Gasteiger partial charge in [0.2, 0.25) is 5.91 Å². The van der Waals surface area contributed by atoms with Gasteiger partial charge in [0.15, 0.2) is 0 Å². The number of nitrogens with one attached hydrogen (secondary N) is 2. The first-order chi connectivity index (χ1) is 14.0. The van der Waals surface area contributed by atoms with Crippen LogP contribution in [0, 0.1) is 0 Å². The van der Waals surface area contributed by atoms with Gasteiger partial charge < -0.3 is 20.3 Å². The molecule has 1 aliphatic rings. The van der Waals surface area contributed by atoms with Crippen molar-refractivity contribution in [3.8, 4) is 5.75 Å². The number of urea groups is 1. The van der Waals surface area contributed by atoms with Gasteiger partial charge in [-0.15, -0.1) is 0 Å². The molecule has 0 unspecified atom stereocenters. The van der Waals surface area contributed by atoms with Gasteiger partial charge in [0, 0.05) is 32.4 Å². The summed E-state index contributed by atoms with van der Waals surface area (Å²) in [6, 6.07) is 14.9. The van der Waals surface area contributed by atoms with Crippen molar-refractivity contribution in [3.63, 3.8) is 0 Å². The molecule has 1 saturated heterocycles. The molecule has 1 heterocycles. The van der Waals surface area contributed by atoms with E-state index < -0.39 is 0 Å². The van der Waals surface area contributed by atoms with E-state index >= 15 is 0 Å². The van der Waals surface area contributed by atoms with E-state index in [9.17, 15) is 9.59 Å². The second kappa shape index (κ2) is 9.43. The van der Waals surface area contributed by atoms with Crippen molar-refractivity contribution in [1.82, 2.24) is 15.1 Å². The van der Waals surface area contributed by atoms with Crippen molar-refractivity contribution in [2.75, 3.05) is 33.1 Å². The number of carbonyl (C=O) groups excluding carboxylic acids is 2. The van der Waals surface area contributed by atoms with Crippen molar-refractivity contribution >= 4 is 17.6 Å². The third-order valence-electron chi connectivity index (χ3n) is 5.19. The van der Waals surface area contributed by atoms with E-state index in [0.29, 0.717) is 13.1 Å². The Morgan fingerprint density at radius 2 is 1.79 bits per heavy atom. The fraction of sp³-hybridized carbons (Fsp3) is 0.364. The van der Waals surface area contributed by atoms with Crippen LogP contribution in [0.3, 0.4) is 0 Å². The maximum atomic E-state index is 12.1. The van der Waals surface area contributed by atoms with E-state index in [-0.39, 0.29) is 18.0 Å². The highest BCUT2D eigenvalue weighted by molar-refractivity contribution is 5.89. The first kappa shape index (κ1) is 20.7. The molecule has 0 spiro atoms. The maximum absolute atomic E-state index is 12.1. The maximum Gasteiger partial charge on any atom is 0.319 e. The number of hydrogen-bond acceptors (Lipinski definition) is 4. The van der Waals surface area contributed by atoms with Crippen LogP contribution in [0.2, 0.25) is 0 Å². The molecule has 154 valence electrons. The van der Waals surface area contributed by atoms with Crippen LogP contribution in [0.25, 0.3) is 0 Å². The molecule has 0 radical (unpaired) electrons. The summed E-state index contributed by atoms with van der Waals surface area (Å²) in [6.45, 7) is 1.93. The second-order valence-corrected chi connectivity index (χ2v) is 7.33. The van der Waals surface area contributed by atoms with Crippen LogP contribution in [0.15, 0.2) is 48.5 Å². The Bertz CT molecular complexity index is 836. The van der Waals surface area contributed by atoms with Gasteiger partial charge in [-0.1, -0.05) is 24.3 Å². The van der Waals surface area contributed by atoms with E-state index in [0.717, 1.165) is 35.5 Å². The Labute approximate surface area is 171 Å². The number of likely N-dealkylation sites (tertiary alicyclic amines) is 1. The van der Waals surface area contributed by atoms with Crippen LogP contribution in [0.5, 0.6) is 5.75 Å². The molecule has 3 rings (SSSR count). The van der Waals surface area contributed by atoms with Crippen molar-refractivity contribution in [3.05, 3.63) is 59.7 Å². The number of rotatable bonds is 7. The molecule has 0 aliphatic carbocycles. The van der Waals surface area contributed by atoms with Gasteiger partial charge in [-0.05, 0) is 48.9 Å². The summed E-state index contributed by atoms with van der Waals surface area (Å²) in [5.41, 5.74) is 2.81. The van der Waals surface area contributed by atoms with Crippen LogP contribution in [-0.2, 0) is 17.9 Å². The molecule has 0 bridgehead atoms. The van der Waals surface area contributed by atoms with Crippen molar-refractivity contribution in [2.24, 2.45) is 0 Å². The molecule has 7 heteroatoms. The summed E-state index contributed by atoms with van der Waals surface area (Å²) in [7, 11) is 5.44. The Morgan fingerprint density at radius 3 is 2.38 bits per heavy atom. The molecule has 29 heavy (non-hydrogen) atoms. The lowest BCUT2D eigenvalue weighted by Gasteiger charge is -2.23. The van der Waals surface area contributed by atoms with E-state index in [1.807, 2.05) is 62.6 Å². The first-order valence-electron chi connectivity index (χ1n) is 9.68. The van der Waals surface area contributed by atoms with Gasteiger partial charge in [-0.25, -0.2) is 4.79 Å². The van der Waals surface area contributed by atoms with E-state index in [2.05, 4.69) is 15.5 Å². The lowest BCUT2D eigenvalue weighted by Crippen LogP contribution is -2.38. The van der Waals surface area contributed by atoms with Gasteiger partial charge >= 0.3 is 6.03 Å². The number of methoxy groups -OCH3 is 1. The molecular weight excluding hydrogens is 368 g/mol. The molecule has 7 nitrogen and oxygen atoms in total. The van der Waals surface area contributed by atoms with Crippen LogP contribution in [0.4, 0.5) is 10.5 Å². The summed E-state index contributed by atoms with van der Waals surface area (Å²) in [5.74, 6) is 0.965. The quantitative estimate of drug-likeness (QED) is 0.755. The minimum Gasteiger partial charge on any atom is -0.497 e. The van der Waals surface area contributed by atoms with E-state index in [4.69, 9.17) is 4.74 Å². The third kappa shape index (κ3) is 5.48. The number of ether oxygens (including phenoxy) is 1. The molecule has 2 N–H and O–H groups in total. The van der Waals surface area contributed by atoms with Gasteiger partial charge in [0.1, 0.15) is 5.75 Å². The van der Waals surface area contributed by atoms with E-state index in [1.165, 1.54) is 0 Å². The number of benzene rings is 2. The Morgan fingerprint density at radius 1 is 1.14 bits per heavy atom. The SMILES string of the molecule is COc1ccc(CNC(=O)Nc2ccc(CN(C)[C@@H]3CCN(C)C3=O)cc2)cc1. The van der Waals surface area contributed by atoms with Crippen molar-refractivity contribution in [1.29, 1.82) is 0 Å². The molecule has 3 amide bonds. The molecular formula is C22H28N4O3. The minimum atomic E-state index is -0.259. The minimum absolute atomic E-state index is 0.0541. The molecule has 1 fully saturated rings. The molecule has 0 aromatic heterocycles. The largest absolute Gasteiger partial charge is 0.497 e. The zero-order valence-electron chi connectivity index (χ0n) is 17.1. The zero-order valence-corrected chi connectivity index (χ0v) is 17.1. The number of likely N-dealkylation sites (N-methyl/N-ethyl adjacent to an activating group) is 2. The standard InChI is InChI=1S/C22H28N4O3/c1-25-13-12-20(21(25)27)26(2)15-17-4-8-18(9-5-17)24-22(28)23-14-16-6-10-19(29-3)11-7-16/h4-11,20H,12-15H2,1-3H3,(H2,23,24,28)/t20-/m1/s1. The number of amides is 3. The fourth-order valence-corrected chi connectivity index (χ4v) is 3.41. The third-order valence-corrected chi connectivity index (χ3v) is 5.19. The van der Waals surface area contributed by atoms with Crippen LogP contribution in [0.1, 0.15) is 17.5 Å². The number of carbonyl (C=O) groups is 2. The smallest absolute Gasteiger partial charge is 0.319 e. The average Bonchev–Trinajstić information content (AvgIpc) is 3.07. The topological polar surface area (TPSA) is 73.9 Å². The van der Waals surface area contributed by atoms with Gasteiger partial charge in [0.05, 0.1) is 13.2 Å². The van der Waals surface area contributed by atoms with Crippen LogP contribution >= 0.6 is 0 Å². The molecule has 0 saturated carbocycles. The Kier molecular flexibility index (Phi) is 6.72. The highest BCUT2D eigenvalue weighted by Gasteiger charge is 2.31. The Balaban J connectivity index is 1.46. The summed E-state index contributed by atoms with van der Waals surface area (Å²) >= 11 is 0. The molecule has 1 atom stereocenters. The summed E-state index contributed by atoms with van der Waals surface area (Å²) in [6.07, 6.45) is 0.861. The van der Waals surface area contributed by atoms with Crippen LogP contribution < -0.4 is 15.4 Å². The molecule has 1 aliphatic heterocycles. The lowest BCUT2D eigenvalue weighted by atomic mass is 10.1. The van der Waals surface area contributed by atoms with Crippen LogP contribution in [-0.4, -0.2) is 55.5 Å². The highest BCUT2D eigenvalue weighted by atomic mass is 16.5. The first-order valence-corrected chi connectivity index (χ1v) is 9.68. The molecule has 2 aromatic carbocycles. The predicted octanol–water partition coefficient (Wildman–Crippen LogP) is 2.68. The zero-order chi connectivity index (χ0) is 20.8. The predicted molar refractivity (Wildman–Crippen MR) is 113 cm³/mol. The normalized spacial score (nSPS) is 16.2.